The summed E-state index contributed by atoms with van der Waals surface area (Å²) in [5.74, 6) is 0.999. The molecule has 2 aromatic heterocycles. The van der Waals surface area contributed by atoms with Gasteiger partial charge in [-0.1, -0.05) is 20.3 Å². The van der Waals surface area contributed by atoms with E-state index in [0.717, 1.165) is 37.3 Å². The number of rotatable bonds is 6. The van der Waals surface area contributed by atoms with E-state index in [1.807, 2.05) is 0 Å². The molecule has 0 aliphatic carbocycles. The molecule has 0 aromatic carbocycles. The maximum Gasteiger partial charge on any atom is 0.133 e. The summed E-state index contributed by atoms with van der Waals surface area (Å²) in [6.07, 6.45) is 4.88. The van der Waals surface area contributed by atoms with Gasteiger partial charge in [0.15, 0.2) is 0 Å². The Hall–Kier alpha value is -1.42. The molecule has 0 aliphatic rings. The van der Waals surface area contributed by atoms with Gasteiger partial charge in [0.1, 0.15) is 12.1 Å². The van der Waals surface area contributed by atoms with Crippen molar-refractivity contribution in [1.82, 2.24) is 9.97 Å². The smallest absolute Gasteiger partial charge is 0.133 e. The molecule has 2 aromatic rings. The molecule has 0 radical (unpaired) electrons. The van der Waals surface area contributed by atoms with E-state index in [4.69, 9.17) is 0 Å². The van der Waals surface area contributed by atoms with Crippen LogP contribution in [0, 0.1) is 6.92 Å². The molecule has 19 heavy (non-hydrogen) atoms. The second-order valence-corrected chi connectivity index (χ2v) is 5.74. The van der Waals surface area contributed by atoms with Gasteiger partial charge in [0.2, 0.25) is 0 Å². The highest BCUT2D eigenvalue weighted by atomic mass is 32.1. The van der Waals surface area contributed by atoms with Crippen LogP contribution in [-0.4, -0.2) is 16.5 Å². The Labute approximate surface area is 119 Å². The Bertz CT molecular complexity index is 534. The van der Waals surface area contributed by atoms with Crippen molar-refractivity contribution in [3.63, 3.8) is 0 Å². The molecule has 102 valence electrons. The van der Waals surface area contributed by atoms with Gasteiger partial charge in [-0.2, -0.15) is 0 Å². The minimum absolute atomic E-state index is 0.954. The lowest BCUT2D eigenvalue weighted by Gasteiger charge is -2.13. The quantitative estimate of drug-likeness (QED) is 0.854. The van der Waals surface area contributed by atoms with Crippen LogP contribution >= 0.6 is 11.3 Å². The summed E-state index contributed by atoms with van der Waals surface area (Å²) in [5, 5.41) is 5.55. The number of nitrogens with zero attached hydrogens (tertiary/aromatic N) is 2. The van der Waals surface area contributed by atoms with Crippen LogP contribution in [0.15, 0.2) is 17.8 Å². The van der Waals surface area contributed by atoms with E-state index in [1.54, 1.807) is 17.7 Å². The zero-order valence-electron chi connectivity index (χ0n) is 11.9. The predicted molar refractivity (Wildman–Crippen MR) is 82.9 cm³/mol. The highest BCUT2D eigenvalue weighted by Crippen LogP contribution is 2.31. The lowest BCUT2D eigenvalue weighted by atomic mass is 10.0. The molecule has 0 fully saturated rings. The highest BCUT2D eigenvalue weighted by molar-refractivity contribution is 7.10. The van der Waals surface area contributed by atoms with Crippen molar-refractivity contribution in [3.8, 4) is 11.3 Å². The molecular formula is C15H21N3S. The van der Waals surface area contributed by atoms with Crippen LogP contribution in [0.25, 0.3) is 11.3 Å². The first kappa shape index (κ1) is 14.0. The number of hydrogen-bond acceptors (Lipinski definition) is 4. The highest BCUT2D eigenvalue weighted by Gasteiger charge is 2.14. The molecule has 1 N–H and O–H groups in total. The molecule has 2 rings (SSSR count). The molecule has 0 amide bonds. The molecule has 0 atom stereocenters. The second-order valence-electron chi connectivity index (χ2n) is 4.62. The molecule has 0 unspecified atom stereocenters. The molecule has 0 saturated heterocycles. The average molecular weight is 275 g/mol. The van der Waals surface area contributed by atoms with E-state index in [2.05, 4.69) is 47.5 Å². The Morgan fingerprint density at radius 2 is 2.05 bits per heavy atom. The fraction of sp³-hybridized carbons (Fsp3) is 0.467. The van der Waals surface area contributed by atoms with Gasteiger partial charge in [-0.15, -0.1) is 11.3 Å². The first-order valence-corrected chi connectivity index (χ1v) is 7.78. The van der Waals surface area contributed by atoms with E-state index in [0.29, 0.717) is 0 Å². The molecule has 3 nitrogen and oxygen atoms in total. The lowest BCUT2D eigenvalue weighted by molar-refractivity contribution is 0.892. The third-order valence-corrected chi connectivity index (χ3v) is 3.95. The van der Waals surface area contributed by atoms with E-state index in [1.165, 1.54) is 16.0 Å². The van der Waals surface area contributed by atoms with Crippen LogP contribution < -0.4 is 5.32 Å². The topological polar surface area (TPSA) is 37.8 Å². The average Bonchev–Trinajstić information content (AvgIpc) is 2.84. The third kappa shape index (κ3) is 3.13. The number of aromatic nitrogens is 2. The Kier molecular flexibility index (Phi) is 4.91. The van der Waals surface area contributed by atoms with Crippen molar-refractivity contribution in [2.24, 2.45) is 0 Å². The molecule has 4 heteroatoms. The van der Waals surface area contributed by atoms with Crippen LogP contribution in [0.3, 0.4) is 0 Å². The lowest BCUT2D eigenvalue weighted by Crippen LogP contribution is -2.07. The van der Waals surface area contributed by atoms with Crippen LogP contribution in [-0.2, 0) is 6.42 Å². The molecule has 2 heterocycles. The Morgan fingerprint density at radius 1 is 1.21 bits per heavy atom. The van der Waals surface area contributed by atoms with Gasteiger partial charge in [-0.05, 0) is 31.2 Å². The first-order chi connectivity index (χ1) is 9.27. The van der Waals surface area contributed by atoms with Gasteiger partial charge in [0.25, 0.3) is 0 Å². The van der Waals surface area contributed by atoms with E-state index < -0.39 is 0 Å². The van der Waals surface area contributed by atoms with Crippen molar-refractivity contribution in [1.29, 1.82) is 0 Å². The fourth-order valence-electron chi connectivity index (χ4n) is 2.16. The van der Waals surface area contributed by atoms with Crippen LogP contribution in [0.2, 0.25) is 0 Å². The van der Waals surface area contributed by atoms with Crippen molar-refractivity contribution < 1.29 is 0 Å². The zero-order valence-corrected chi connectivity index (χ0v) is 12.7. The molecular weight excluding hydrogens is 254 g/mol. The second kappa shape index (κ2) is 6.66. The number of thiophene rings is 1. The maximum absolute atomic E-state index is 4.52. The maximum atomic E-state index is 4.52. The summed E-state index contributed by atoms with van der Waals surface area (Å²) in [6, 6.07) is 2.16. The monoisotopic (exact) mass is 275 g/mol. The number of hydrogen-bond donors (Lipinski definition) is 1. The first-order valence-electron chi connectivity index (χ1n) is 6.90. The Balaban J connectivity index is 2.45. The van der Waals surface area contributed by atoms with Gasteiger partial charge in [0.05, 0.1) is 5.69 Å². The van der Waals surface area contributed by atoms with Crippen LogP contribution in [0.4, 0.5) is 5.82 Å². The summed E-state index contributed by atoms with van der Waals surface area (Å²) in [4.78, 5) is 10.3. The third-order valence-electron chi connectivity index (χ3n) is 3.10. The molecule has 0 saturated carbocycles. The van der Waals surface area contributed by atoms with E-state index in [9.17, 15) is 0 Å². The van der Waals surface area contributed by atoms with Crippen LogP contribution in [0.1, 0.15) is 37.1 Å². The summed E-state index contributed by atoms with van der Waals surface area (Å²) < 4.78 is 0. The van der Waals surface area contributed by atoms with Crippen molar-refractivity contribution in [2.75, 3.05) is 11.9 Å². The number of anilines is 1. The van der Waals surface area contributed by atoms with E-state index >= 15 is 0 Å². The van der Waals surface area contributed by atoms with Gasteiger partial charge in [-0.3, -0.25) is 0 Å². The standard InChI is InChI=1S/C15H21N3S/c1-4-6-13-14(12-7-9-19-11(12)3)17-10-18-15(13)16-8-5-2/h7,9-10H,4-6,8H2,1-3H3,(H,16,17,18). The largest absolute Gasteiger partial charge is 0.370 e. The fourth-order valence-corrected chi connectivity index (χ4v) is 2.86. The number of aryl methyl sites for hydroxylation is 1. The normalized spacial score (nSPS) is 10.7. The van der Waals surface area contributed by atoms with Crippen LogP contribution in [0.5, 0.6) is 0 Å². The SMILES string of the molecule is CCCNc1ncnc(-c2ccsc2C)c1CCC. The van der Waals surface area contributed by atoms with Gasteiger partial charge in [-0.25, -0.2) is 9.97 Å². The minimum atomic E-state index is 0.954. The van der Waals surface area contributed by atoms with Crippen molar-refractivity contribution in [2.45, 2.75) is 40.0 Å². The summed E-state index contributed by atoms with van der Waals surface area (Å²) in [5.41, 5.74) is 3.59. The summed E-state index contributed by atoms with van der Waals surface area (Å²) in [7, 11) is 0. The molecule has 0 aliphatic heterocycles. The van der Waals surface area contributed by atoms with Crippen molar-refractivity contribution in [3.05, 3.63) is 28.2 Å². The van der Waals surface area contributed by atoms with Gasteiger partial charge in [0, 0.05) is 22.5 Å². The zero-order chi connectivity index (χ0) is 13.7. The minimum Gasteiger partial charge on any atom is -0.370 e. The Morgan fingerprint density at radius 3 is 2.68 bits per heavy atom. The van der Waals surface area contributed by atoms with Gasteiger partial charge < -0.3 is 5.32 Å². The number of nitrogens with one attached hydrogen (secondary N) is 1. The summed E-state index contributed by atoms with van der Waals surface area (Å²) in [6.45, 7) is 7.46. The predicted octanol–water partition coefficient (Wildman–Crippen LogP) is 4.29. The molecule has 0 spiro atoms. The van der Waals surface area contributed by atoms with Crippen molar-refractivity contribution >= 4 is 17.2 Å². The summed E-state index contributed by atoms with van der Waals surface area (Å²) >= 11 is 1.77. The van der Waals surface area contributed by atoms with Gasteiger partial charge >= 0.3 is 0 Å². The molecule has 0 bridgehead atoms. The van der Waals surface area contributed by atoms with E-state index in [-0.39, 0.29) is 0 Å².